The second-order valence-electron chi connectivity index (χ2n) is 18.0. The molecule has 2 N–H and O–H groups in total. The van der Waals surface area contributed by atoms with Crippen molar-refractivity contribution >= 4 is 12.3 Å². The van der Waals surface area contributed by atoms with Crippen LogP contribution in [0.3, 0.4) is 0 Å². The normalized spacial score (nSPS) is 11.5. The van der Waals surface area contributed by atoms with E-state index in [9.17, 15) is 9.59 Å². The molecule has 0 aliphatic heterocycles. The van der Waals surface area contributed by atoms with Crippen molar-refractivity contribution in [3.05, 3.63) is 39.0 Å². The van der Waals surface area contributed by atoms with Crippen LogP contribution in [0.2, 0.25) is 0 Å². The lowest BCUT2D eigenvalue weighted by Crippen LogP contribution is -2.67. The number of unbranched alkanes of at least 4 members (excludes halogenated alkanes) is 26. The van der Waals surface area contributed by atoms with Crippen LogP contribution in [0.1, 0.15) is 252 Å². The highest BCUT2D eigenvalue weighted by atomic mass is 16.5. The summed E-state index contributed by atoms with van der Waals surface area (Å²) in [4.78, 5) is 35.0. The van der Waals surface area contributed by atoms with Gasteiger partial charge < -0.3 is 14.7 Å². The van der Waals surface area contributed by atoms with Crippen molar-refractivity contribution in [2.75, 3.05) is 45.2 Å². The third-order valence-corrected chi connectivity index (χ3v) is 12.3. The number of nitrogens with one attached hydrogen (secondary N) is 1. The molecule has 0 aliphatic carbocycles. The van der Waals surface area contributed by atoms with Gasteiger partial charge in [0.1, 0.15) is 6.54 Å². The number of allylic oxidation sites excluding steroid dienone is 1. The van der Waals surface area contributed by atoms with Crippen LogP contribution in [0, 0.1) is 5.92 Å². The van der Waals surface area contributed by atoms with Crippen molar-refractivity contribution < 1.29 is 19.2 Å². The Morgan fingerprint density at radius 2 is 1.02 bits per heavy atom. The monoisotopic (exact) mass is 875 g/mol. The van der Waals surface area contributed by atoms with Gasteiger partial charge in [-0.05, 0) is 57.2 Å². The first kappa shape index (κ1) is 61.8. The van der Waals surface area contributed by atoms with Gasteiger partial charge in [-0.3, -0.25) is 14.9 Å². The number of aromatic nitrogens is 1. The molecule has 0 aliphatic rings. The molecule has 0 saturated carbocycles. The maximum Gasteiger partial charge on any atom is 0.390 e. The molecule has 0 aromatic carbocycles. The quantitative estimate of drug-likeness (QED) is 0.0221. The highest BCUT2D eigenvalue weighted by molar-refractivity contribution is 5.32. The van der Waals surface area contributed by atoms with E-state index in [1.165, 1.54) is 230 Å². The Morgan fingerprint density at radius 1 is 0.613 bits per heavy atom. The van der Waals surface area contributed by atoms with E-state index < -0.39 is 5.56 Å². The van der Waals surface area contributed by atoms with E-state index in [0.717, 1.165) is 31.8 Å². The molecule has 1 aromatic rings. The topological polar surface area (TPSA) is 99.8 Å². The predicted octanol–water partition coefficient (Wildman–Crippen LogP) is 14.3. The molecule has 8 nitrogen and oxygen atoms in total. The Bertz CT molecular complexity index is 1180. The first-order chi connectivity index (χ1) is 30.4. The van der Waals surface area contributed by atoms with E-state index in [0.29, 0.717) is 19.0 Å². The van der Waals surface area contributed by atoms with E-state index in [2.05, 4.69) is 50.2 Å². The number of hydrogen-bond donors (Lipinski definition) is 2. The Hall–Kier alpha value is -2.28. The van der Waals surface area contributed by atoms with E-state index in [1.807, 2.05) is 6.08 Å². The molecule has 1 unspecified atom stereocenters. The molecule has 0 amide bonds. The number of anilines is 1. The highest BCUT2D eigenvalue weighted by Crippen LogP contribution is 2.23. The van der Waals surface area contributed by atoms with Gasteiger partial charge in [0, 0.05) is 13.7 Å². The van der Waals surface area contributed by atoms with Gasteiger partial charge in [-0.25, -0.2) is 4.79 Å². The maximum absolute atomic E-state index is 12.1. The van der Waals surface area contributed by atoms with Crippen LogP contribution in [0.5, 0.6) is 0 Å². The second kappa shape index (κ2) is 51.4. The first-order valence-corrected chi connectivity index (χ1v) is 26.5. The van der Waals surface area contributed by atoms with Crippen LogP contribution in [0.4, 0.5) is 5.82 Å². The minimum atomic E-state index is -0.415. The first-order valence-electron chi connectivity index (χ1n) is 26.5. The Balaban J connectivity index is 0. The molecule has 1 heterocycles. The van der Waals surface area contributed by atoms with Gasteiger partial charge in [0.25, 0.3) is 6.47 Å². The van der Waals surface area contributed by atoms with Gasteiger partial charge in [0.2, 0.25) is 0 Å². The molecule has 0 bridgehead atoms. The zero-order valence-electron chi connectivity index (χ0n) is 41.9. The SMILES string of the molecule is C=C=CCCCCCCCC.CCCCCCCCCCCCCCCCN(CCCCCCCC(CCC)CCCCCC)CCCNc1c(=O)c(=O)[n+]1CCOC.O=CO. The molecule has 0 fully saturated rings. The molecule has 0 saturated heterocycles. The van der Waals surface area contributed by atoms with Crippen molar-refractivity contribution in [3.8, 4) is 0 Å². The molecule has 0 radical (unpaired) electrons. The lowest BCUT2D eigenvalue weighted by atomic mass is 9.91. The number of rotatable bonds is 45. The molecule has 1 atom stereocenters. The van der Waals surface area contributed by atoms with E-state index in [4.69, 9.17) is 14.6 Å². The van der Waals surface area contributed by atoms with E-state index in [1.54, 1.807) is 7.11 Å². The van der Waals surface area contributed by atoms with Crippen LogP contribution >= 0.6 is 0 Å². The Morgan fingerprint density at radius 3 is 1.45 bits per heavy atom. The van der Waals surface area contributed by atoms with Gasteiger partial charge in [-0.2, -0.15) is 4.57 Å². The van der Waals surface area contributed by atoms with Crippen LogP contribution in [0.25, 0.3) is 0 Å². The van der Waals surface area contributed by atoms with E-state index in [-0.39, 0.29) is 11.9 Å². The third-order valence-electron chi connectivity index (χ3n) is 12.3. The summed E-state index contributed by atoms with van der Waals surface area (Å²) in [7, 11) is 1.62. The maximum atomic E-state index is 12.1. The number of carbonyl (C=O) groups is 1. The van der Waals surface area contributed by atoms with Gasteiger partial charge in [-0.1, -0.05) is 227 Å². The smallest absolute Gasteiger partial charge is 0.390 e. The van der Waals surface area contributed by atoms with Crippen molar-refractivity contribution in [2.24, 2.45) is 5.92 Å². The van der Waals surface area contributed by atoms with Crippen molar-refractivity contribution in [3.63, 3.8) is 0 Å². The lowest BCUT2D eigenvalue weighted by molar-refractivity contribution is -0.711. The minimum Gasteiger partial charge on any atom is -0.483 e. The van der Waals surface area contributed by atoms with Crippen LogP contribution in [0.15, 0.2) is 28.0 Å². The summed E-state index contributed by atoms with van der Waals surface area (Å²) in [6, 6.07) is 0. The van der Waals surface area contributed by atoms with Crippen LogP contribution in [-0.2, 0) is 16.1 Å². The average molecular weight is 875 g/mol. The fraction of sp³-hybridized carbons (Fsp3) is 0.870. The van der Waals surface area contributed by atoms with E-state index >= 15 is 0 Å². The number of ether oxygens (including phenoxy) is 1. The fourth-order valence-corrected chi connectivity index (χ4v) is 8.47. The van der Waals surface area contributed by atoms with Gasteiger partial charge in [-0.15, -0.1) is 5.73 Å². The fourth-order valence-electron chi connectivity index (χ4n) is 8.47. The summed E-state index contributed by atoms with van der Waals surface area (Å²) >= 11 is 0. The van der Waals surface area contributed by atoms with Gasteiger partial charge in [0.15, 0.2) is 0 Å². The molecule has 62 heavy (non-hydrogen) atoms. The molecule has 1 aromatic heterocycles. The van der Waals surface area contributed by atoms with Gasteiger partial charge in [0.05, 0.1) is 13.2 Å². The van der Waals surface area contributed by atoms with Gasteiger partial charge >= 0.3 is 16.8 Å². The van der Waals surface area contributed by atoms with Crippen LogP contribution in [-0.4, -0.2) is 56.4 Å². The number of methoxy groups -OCH3 is 1. The molecule has 1 rings (SSSR count). The number of carboxylic acid groups (broad SMARTS) is 1. The van der Waals surface area contributed by atoms with Crippen molar-refractivity contribution in [2.45, 2.75) is 259 Å². The summed E-state index contributed by atoms with van der Waals surface area (Å²) in [5.41, 5.74) is 1.99. The Labute approximate surface area is 384 Å². The summed E-state index contributed by atoms with van der Waals surface area (Å²) < 4.78 is 6.62. The van der Waals surface area contributed by atoms with Crippen molar-refractivity contribution in [1.29, 1.82) is 0 Å². The largest absolute Gasteiger partial charge is 0.483 e. The zero-order valence-corrected chi connectivity index (χ0v) is 41.9. The molecule has 0 spiro atoms. The zero-order chi connectivity index (χ0) is 46.0. The second-order valence-corrected chi connectivity index (χ2v) is 18.0. The third kappa shape index (κ3) is 40.5. The minimum absolute atomic E-state index is 0.250. The predicted molar refractivity (Wildman–Crippen MR) is 269 cm³/mol. The van der Waals surface area contributed by atoms with Crippen LogP contribution < -0.4 is 20.9 Å². The molecular weight excluding hydrogens is 771 g/mol. The number of nitrogens with zero attached hydrogens (tertiary/aromatic N) is 2. The average Bonchev–Trinajstić information content (AvgIpc) is 3.27. The molecule has 364 valence electrons. The standard InChI is InChI=1S/C42H81N3O3.C11H20.CH2O2/c1-5-8-10-12-13-14-15-16-17-18-19-20-23-27-34-44(36-29-33-43-41-40(46)42(47)45(41)37-38-48-4)35-28-24-21-22-26-32-39(30-7-3)31-25-11-9-6-2;1-3-5-7-9-11-10-8-6-4-2;2-1-3/h39H,5-38H2,1-4H3;5H,1,4,6-11H2,2H3;1H,(H,2,3)/p+1. The number of hydrogen-bond acceptors (Lipinski definition) is 6. The highest BCUT2D eigenvalue weighted by Gasteiger charge is 2.27. The Kier molecular flexibility index (Phi) is 51.2. The molecule has 8 heteroatoms. The summed E-state index contributed by atoms with van der Waals surface area (Å²) in [6.45, 7) is 17.5. The van der Waals surface area contributed by atoms with Crippen molar-refractivity contribution in [1.82, 2.24) is 4.90 Å². The molecular formula is C54H104N3O5+. The lowest BCUT2D eigenvalue weighted by Gasteiger charge is -2.22. The summed E-state index contributed by atoms with van der Waals surface area (Å²) in [5, 5.41) is 10.1. The summed E-state index contributed by atoms with van der Waals surface area (Å²) in [6.07, 6.45) is 50.0. The summed E-state index contributed by atoms with van der Waals surface area (Å²) in [5.74, 6) is 1.41.